The molecule has 3 heteroatoms. The number of hydrogen-bond acceptors (Lipinski definition) is 2. The Kier molecular flexibility index (Phi) is 3.63. The van der Waals surface area contributed by atoms with Gasteiger partial charge in [-0.15, -0.1) is 0 Å². The van der Waals surface area contributed by atoms with Gasteiger partial charge in [-0.1, -0.05) is 24.3 Å². The van der Waals surface area contributed by atoms with E-state index in [2.05, 4.69) is 40.8 Å². The molecule has 98 valence electrons. The Hall–Kier alpha value is -2.03. The molecule has 0 aliphatic heterocycles. The fraction of sp³-hybridized carbons (Fsp3) is 0.312. The highest BCUT2D eigenvalue weighted by Gasteiger charge is 2.10. The van der Waals surface area contributed by atoms with Gasteiger partial charge in [0, 0.05) is 18.9 Å². The van der Waals surface area contributed by atoms with E-state index in [1.807, 2.05) is 29.2 Å². The molecule has 0 amide bonds. The molecule has 0 fully saturated rings. The molecule has 0 spiro atoms. The molecule has 2 aromatic rings. The van der Waals surface area contributed by atoms with Crippen molar-refractivity contribution in [1.82, 2.24) is 9.78 Å². The number of nitrogens with one attached hydrogen (secondary N) is 1. The van der Waals surface area contributed by atoms with Crippen LogP contribution in [0.4, 0.5) is 5.69 Å². The molecule has 1 aromatic carbocycles. The van der Waals surface area contributed by atoms with Crippen molar-refractivity contribution in [2.45, 2.75) is 19.3 Å². The van der Waals surface area contributed by atoms with Crippen LogP contribution in [-0.4, -0.2) is 16.3 Å². The second-order valence-electron chi connectivity index (χ2n) is 5.00. The van der Waals surface area contributed by atoms with Crippen LogP contribution in [0.1, 0.15) is 19.3 Å². The Bertz CT molecular complexity index is 543. The van der Waals surface area contributed by atoms with Crippen molar-refractivity contribution in [3.05, 3.63) is 54.9 Å². The predicted molar refractivity (Wildman–Crippen MR) is 78.5 cm³/mol. The molecule has 0 radical (unpaired) electrons. The summed E-state index contributed by atoms with van der Waals surface area (Å²) in [5.41, 5.74) is 2.26. The molecule has 0 saturated heterocycles. The fourth-order valence-electron chi connectivity index (χ4n) is 2.53. The SMILES string of the molecule is C1=CCC(CNc2ccccc2-n2cccn2)CC1. The van der Waals surface area contributed by atoms with E-state index in [0.29, 0.717) is 0 Å². The summed E-state index contributed by atoms with van der Waals surface area (Å²) >= 11 is 0. The van der Waals surface area contributed by atoms with Crippen LogP contribution in [0.5, 0.6) is 0 Å². The fourth-order valence-corrected chi connectivity index (χ4v) is 2.53. The molecule has 0 bridgehead atoms. The van der Waals surface area contributed by atoms with E-state index in [1.54, 1.807) is 0 Å². The van der Waals surface area contributed by atoms with Gasteiger partial charge in [-0.3, -0.25) is 0 Å². The van der Waals surface area contributed by atoms with E-state index in [-0.39, 0.29) is 0 Å². The molecule has 1 aromatic heterocycles. The summed E-state index contributed by atoms with van der Waals surface area (Å²) in [6.45, 7) is 1.03. The van der Waals surface area contributed by atoms with E-state index in [9.17, 15) is 0 Å². The monoisotopic (exact) mass is 253 g/mol. The Morgan fingerprint density at radius 1 is 1.21 bits per heavy atom. The van der Waals surface area contributed by atoms with Crippen molar-refractivity contribution in [2.75, 3.05) is 11.9 Å². The van der Waals surface area contributed by atoms with Crippen LogP contribution in [0.25, 0.3) is 5.69 Å². The molecular formula is C16H19N3. The van der Waals surface area contributed by atoms with Crippen molar-refractivity contribution < 1.29 is 0 Å². The van der Waals surface area contributed by atoms with E-state index in [1.165, 1.54) is 19.3 Å². The lowest BCUT2D eigenvalue weighted by Gasteiger charge is -2.20. The molecule has 1 heterocycles. The maximum atomic E-state index is 4.31. The highest BCUT2D eigenvalue weighted by Crippen LogP contribution is 2.22. The van der Waals surface area contributed by atoms with Gasteiger partial charge in [0.15, 0.2) is 0 Å². The van der Waals surface area contributed by atoms with Gasteiger partial charge in [-0.05, 0) is 43.4 Å². The number of nitrogens with zero attached hydrogens (tertiary/aromatic N) is 2. The molecule has 3 rings (SSSR count). The van der Waals surface area contributed by atoms with Crippen LogP contribution < -0.4 is 5.32 Å². The minimum Gasteiger partial charge on any atom is -0.383 e. The zero-order chi connectivity index (χ0) is 12.9. The van der Waals surface area contributed by atoms with Crippen molar-refractivity contribution in [3.8, 4) is 5.69 Å². The highest BCUT2D eigenvalue weighted by molar-refractivity contribution is 5.60. The number of hydrogen-bond donors (Lipinski definition) is 1. The molecule has 1 atom stereocenters. The van der Waals surface area contributed by atoms with Crippen molar-refractivity contribution >= 4 is 5.69 Å². The number of para-hydroxylation sites is 2. The first-order valence-electron chi connectivity index (χ1n) is 6.91. The molecular weight excluding hydrogens is 234 g/mol. The van der Waals surface area contributed by atoms with E-state index in [0.717, 1.165) is 23.8 Å². The lowest BCUT2D eigenvalue weighted by Crippen LogP contribution is -2.16. The van der Waals surface area contributed by atoms with Crippen LogP contribution in [0.3, 0.4) is 0 Å². The quantitative estimate of drug-likeness (QED) is 0.843. The highest BCUT2D eigenvalue weighted by atomic mass is 15.3. The average Bonchev–Trinajstić information content (AvgIpc) is 3.01. The number of rotatable bonds is 4. The van der Waals surface area contributed by atoms with Crippen molar-refractivity contribution in [2.24, 2.45) is 5.92 Å². The summed E-state index contributed by atoms with van der Waals surface area (Å²) in [4.78, 5) is 0. The standard InChI is InChI=1S/C16H19N3/c1-2-7-14(8-3-1)13-17-15-9-4-5-10-16(15)19-12-6-11-18-19/h1-2,4-6,9-12,14,17H,3,7-8,13H2. The second-order valence-corrected chi connectivity index (χ2v) is 5.00. The first kappa shape index (κ1) is 12.0. The molecule has 1 aliphatic carbocycles. The van der Waals surface area contributed by atoms with Gasteiger partial charge in [0.2, 0.25) is 0 Å². The zero-order valence-electron chi connectivity index (χ0n) is 11.0. The minimum absolute atomic E-state index is 0.746. The summed E-state index contributed by atoms with van der Waals surface area (Å²) in [6, 6.07) is 10.3. The molecule has 19 heavy (non-hydrogen) atoms. The maximum Gasteiger partial charge on any atom is 0.0876 e. The number of benzene rings is 1. The third kappa shape index (κ3) is 2.87. The summed E-state index contributed by atoms with van der Waals surface area (Å²) < 4.78 is 1.91. The normalized spacial score (nSPS) is 18.4. The Morgan fingerprint density at radius 2 is 2.16 bits per heavy atom. The van der Waals surface area contributed by atoms with Gasteiger partial charge in [-0.25, -0.2) is 4.68 Å². The summed E-state index contributed by atoms with van der Waals surface area (Å²) in [5.74, 6) is 0.746. The summed E-state index contributed by atoms with van der Waals surface area (Å²) in [6.07, 6.45) is 12.1. The molecule has 1 N–H and O–H groups in total. The summed E-state index contributed by atoms with van der Waals surface area (Å²) in [5, 5.41) is 7.88. The first-order valence-corrected chi connectivity index (χ1v) is 6.91. The van der Waals surface area contributed by atoms with E-state index >= 15 is 0 Å². The van der Waals surface area contributed by atoms with Gasteiger partial charge in [0.05, 0.1) is 11.4 Å². The smallest absolute Gasteiger partial charge is 0.0876 e. The Morgan fingerprint density at radius 3 is 2.95 bits per heavy atom. The first-order chi connectivity index (χ1) is 9.43. The van der Waals surface area contributed by atoms with Crippen molar-refractivity contribution in [1.29, 1.82) is 0 Å². The van der Waals surface area contributed by atoms with Gasteiger partial charge < -0.3 is 5.32 Å². The molecule has 0 saturated carbocycles. The zero-order valence-corrected chi connectivity index (χ0v) is 11.0. The van der Waals surface area contributed by atoms with Gasteiger partial charge in [0.25, 0.3) is 0 Å². The van der Waals surface area contributed by atoms with E-state index in [4.69, 9.17) is 0 Å². The number of allylic oxidation sites excluding steroid dienone is 2. The Labute approximate surface area is 114 Å². The third-order valence-electron chi connectivity index (χ3n) is 3.61. The topological polar surface area (TPSA) is 29.9 Å². The number of aromatic nitrogens is 2. The van der Waals surface area contributed by atoms with Crippen LogP contribution >= 0.6 is 0 Å². The third-order valence-corrected chi connectivity index (χ3v) is 3.61. The molecule has 3 nitrogen and oxygen atoms in total. The lowest BCUT2D eigenvalue weighted by atomic mass is 9.94. The van der Waals surface area contributed by atoms with Gasteiger partial charge in [-0.2, -0.15) is 5.10 Å². The van der Waals surface area contributed by atoms with Crippen LogP contribution in [0.15, 0.2) is 54.9 Å². The van der Waals surface area contributed by atoms with Gasteiger partial charge in [0.1, 0.15) is 0 Å². The summed E-state index contributed by atoms with van der Waals surface area (Å²) in [7, 11) is 0. The van der Waals surface area contributed by atoms with Crippen LogP contribution in [0, 0.1) is 5.92 Å². The van der Waals surface area contributed by atoms with E-state index < -0.39 is 0 Å². The maximum absolute atomic E-state index is 4.31. The average molecular weight is 253 g/mol. The lowest BCUT2D eigenvalue weighted by molar-refractivity contribution is 0.504. The second kappa shape index (κ2) is 5.74. The minimum atomic E-state index is 0.746. The molecule has 1 aliphatic rings. The van der Waals surface area contributed by atoms with Crippen molar-refractivity contribution in [3.63, 3.8) is 0 Å². The van der Waals surface area contributed by atoms with Crippen LogP contribution in [-0.2, 0) is 0 Å². The van der Waals surface area contributed by atoms with Crippen LogP contribution in [0.2, 0.25) is 0 Å². The Balaban J connectivity index is 1.72. The number of anilines is 1. The van der Waals surface area contributed by atoms with Gasteiger partial charge >= 0.3 is 0 Å². The molecule has 1 unspecified atom stereocenters. The predicted octanol–water partition coefficient (Wildman–Crippen LogP) is 3.64. The largest absolute Gasteiger partial charge is 0.383 e.